The van der Waals surface area contributed by atoms with Crippen molar-refractivity contribution in [1.82, 2.24) is 4.98 Å². The minimum atomic E-state index is -6.35. The smallest absolute Gasteiger partial charge is 0.435 e. The number of nitrogens with one attached hydrogen (secondary N) is 2. The van der Waals surface area contributed by atoms with Crippen LogP contribution >= 0.6 is 27.5 Å². The molecule has 0 bridgehead atoms. The number of halogens is 9. The zero-order valence-corrected chi connectivity index (χ0v) is 21.1. The first-order chi connectivity index (χ1) is 17.6. The highest BCUT2D eigenvalue weighted by molar-refractivity contribution is 9.10. The van der Waals surface area contributed by atoms with E-state index in [1.165, 1.54) is 49.8 Å². The van der Waals surface area contributed by atoms with Gasteiger partial charge in [0.15, 0.2) is 5.75 Å². The number of hydrogen-bond acceptors (Lipinski definition) is 4. The SMILES string of the molecule is COc1c(NC(=O)c2ccncc2)cccc1C(=O)Nc1c(Cl)cc(C(F)(C(F)(F)F)C(F)(F)F)cc1Br. The van der Waals surface area contributed by atoms with Crippen LogP contribution in [-0.4, -0.2) is 36.3 Å². The number of anilines is 2. The van der Waals surface area contributed by atoms with E-state index in [-0.39, 0.29) is 34.7 Å². The first kappa shape index (κ1) is 29.2. The molecule has 15 heteroatoms. The summed E-state index contributed by atoms with van der Waals surface area (Å²) in [5.74, 6) is -1.64. The molecule has 0 radical (unpaired) electrons. The van der Waals surface area contributed by atoms with Crippen molar-refractivity contribution in [3.8, 4) is 5.75 Å². The largest absolute Gasteiger partial charge is 0.494 e. The van der Waals surface area contributed by atoms with Gasteiger partial charge in [-0.15, -0.1) is 0 Å². The van der Waals surface area contributed by atoms with Crippen molar-refractivity contribution in [2.24, 2.45) is 0 Å². The number of aromatic nitrogens is 1. The van der Waals surface area contributed by atoms with E-state index in [0.717, 1.165) is 0 Å². The molecule has 1 aromatic heterocycles. The van der Waals surface area contributed by atoms with Crippen LogP contribution < -0.4 is 15.4 Å². The Hall–Kier alpha value is -3.39. The Balaban J connectivity index is 1.96. The Morgan fingerprint density at radius 2 is 1.53 bits per heavy atom. The van der Waals surface area contributed by atoms with Crippen molar-refractivity contribution in [2.45, 2.75) is 18.0 Å². The highest BCUT2D eigenvalue weighted by atomic mass is 79.9. The van der Waals surface area contributed by atoms with Crippen molar-refractivity contribution >= 4 is 50.7 Å². The van der Waals surface area contributed by atoms with E-state index in [9.17, 15) is 40.3 Å². The molecule has 3 rings (SSSR count). The average molecular weight is 629 g/mol. The van der Waals surface area contributed by atoms with Gasteiger partial charge in [0.25, 0.3) is 11.8 Å². The van der Waals surface area contributed by atoms with Crippen molar-refractivity contribution in [1.29, 1.82) is 0 Å². The number of carbonyl (C=O) groups excluding carboxylic acids is 2. The zero-order valence-electron chi connectivity index (χ0n) is 18.8. The molecular weight excluding hydrogens is 615 g/mol. The highest BCUT2D eigenvalue weighted by Crippen LogP contribution is 2.54. The fourth-order valence-corrected chi connectivity index (χ4v) is 4.23. The summed E-state index contributed by atoms with van der Waals surface area (Å²) < 4.78 is 97.9. The molecule has 0 unspecified atom stereocenters. The molecule has 0 atom stereocenters. The van der Waals surface area contributed by atoms with Crippen molar-refractivity contribution < 1.29 is 45.1 Å². The monoisotopic (exact) mass is 627 g/mol. The number of hydrogen-bond donors (Lipinski definition) is 2. The van der Waals surface area contributed by atoms with Crippen LogP contribution in [0.2, 0.25) is 5.02 Å². The molecule has 2 amide bonds. The summed E-state index contributed by atoms with van der Waals surface area (Å²) >= 11 is 8.61. The van der Waals surface area contributed by atoms with E-state index in [2.05, 4.69) is 31.5 Å². The lowest BCUT2D eigenvalue weighted by molar-refractivity contribution is -0.348. The molecule has 38 heavy (non-hydrogen) atoms. The lowest BCUT2D eigenvalue weighted by Gasteiger charge is -2.30. The Kier molecular flexibility index (Phi) is 8.27. The number of pyridine rings is 1. The van der Waals surface area contributed by atoms with Crippen LogP contribution in [0.15, 0.2) is 59.3 Å². The molecule has 3 aromatic rings. The van der Waals surface area contributed by atoms with Gasteiger partial charge >= 0.3 is 18.0 Å². The van der Waals surface area contributed by atoms with Gasteiger partial charge in [0.05, 0.1) is 29.1 Å². The predicted octanol–water partition coefficient (Wildman–Crippen LogP) is 7.30. The number of benzene rings is 2. The lowest BCUT2D eigenvalue weighted by atomic mass is 9.94. The van der Waals surface area contributed by atoms with Gasteiger partial charge < -0.3 is 15.4 Å². The molecular formula is C23H14BrClF7N3O3. The van der Waals surface area contributed by atoms with Gasteiger partial charge in [-0.25, -0.2) is 4.39 Å². The van der Waals surface area contributed by atoms with Gasteiger partial charge in [-0.1, -0.05) is 17.7 Å². The molecule has 0 aliphatic rings. The molecule has 0 spiro atoms. The van der Waals surface area contributed by atoms with Crippen LogP contribution in [0.1, 0.15) is 26.3 Å². The van der Waals surface area contributed by atoms with Crippen LogP contribution in [0, 0.1) is 0 Å². The number of para-hydroxylation sites is 1. The number of carbonyl (C=O) groups is 2. The number of ether oxygens (including phenoxy) is 1. The highest BCUT2D eigenvalue weighted by Gasteiger charge is 2.73. The third kappa shape index (κ3) is 5.55. The van der Waals surface area contributed by atoms with E-state index in [0.29, 0.717) is 0 Å². The number of rotatable bonds is 6. The molecule has 0 aliphatic carbocycles. The first-order valence-electron chi connectivity index (χ1n) is 10.1. The third-order valence-corrected chi connectivity index (χ3v) is 6.04. The van der Waals surface area contributed by atoms with E-state index < -0.39 is 50.6 Å². The summed E-state index contributed by atoms with van der Waals surface area (Å²) in [6.07, 6.45) is -9.93. The number of amides is 2. The molecule has 0 saturated heterocycles. The predicted molar refractivity (Wildman–Crippen MR) is 127 cm³/mol. The molecule has 2 aromatic carbocycles. The number of methoxy groups -OCH3 is 1. The van der Waals surface area contributed by atoms with Crippen LogP contribution in [0.4, 0.5) is 42.1 Å². The molecule has 0 saturated carbocycles. The molecule has 2 N–H and O–H groups in total. The third-order valence-electron chi connectivity index (χ3n) is 5.11. The fraction of sp³-hybridized carbons (Fsp3) is 0.174. The second kappa shape index (κ2) is 10.8. The molecule has 1 heterocycles. The van der Waals surface area contributed by atoms with Crippen LogP contribution in [0.25, 0.3) is 0 Å². The minimum absolute atomic E-state index is 0.0695. The molecule has 202 valence electrons. The Labute approximate surface area is 223 Å². The summed E-state index contributed by atoms with van der Waals surface area (Å²) in [6.45, 7) is 0. The second-order valence-electron chi connectivity index (χ2n) is 7.50. The van der Waals surface area contributed by atoms with Gasteiger partial charge in [-0.3, -0.25) is 14.6 Å². The Morgan fingerprint density at radius 3 is 2.05 bits per heavy atom. The van der Waals surface area contributed by atoms with Crippen LogP contribution in [0.5, 0.6) is 5.75 Å². The average Bonchev–Trinajstić information content (AvgIpc) is 2.84. The Bertz CT molecular complexity index is 1330. The van der Waals surface area contributed by atoms with Gasteiger partial charge in [-0.2, -0.15) is 26.3 Å². The van der Waals surface area contributed by atoms with Gasteiger partial charge in [0.1, 0.15) is 0 Å². The van der Waals surface area contributed by atoms with Crippen molar-refractivity contribution in [3.63, 3.8) is 0 Å². The fourth-order valence-electron chi connectivity index (χ4n) is 3.29. The summed E-state index contributed by atoms with van der Waals surface area (Å²) in [4.78, 5) is 29.3. The zero-order chi connectivity index (χ0) is 28.5. The molecule has 0 fully saturated rings. The lowest BCUT2D eigenvalue weighted by Crippen LogP contribution is -2.50. The molecule has 6 nitrogen and oxygen atoms in total. The maximum Gasteiger partial charge on any atom is 0.435 e. The minimum Gasteiger partial charge on any atom is -0.494 e. The maximum atomic E-state index is 14.5. The van der Waals surface area contributed by atoms with Crippen LogP contribution in [-0.2, 0) is 5.67 Å². The quantitative estimate of drug-likeness (QED) is 0.281. The normalized spacial score (nSPS) is 12.2. The first-order valence-corrected chi connectivity index (χ1v) is 11.3. The molecule has 0 aliphatic heterocycles. The number of nitrogens with zero attached hydrogens (tertiary/aromatic N) is 1. The summed E-state index contributed by atoms with van der Waals surface area (Å²) in [6, 6.07) is 7.27. The number of alkyl halides is 7. The summed E-state index contributed by atoms with van der Waals surface area (Å²) in [5.41, 5.74) is -7.88. The van der Waals surface area contributed by atoms with E-state index in [4.69, 9.17) is 16.3 Å². The Morgan fingerprint density at radius 1 is 0.921 bits per heavy atom. The topological polar surface area (TPSA) is 80.3 Å². The van der Waals surface area contributed by atoms with Crippen molar-refractivity contribution in [2.75, 3.05) is 17.7 Å². The van der Waals surface area contributed by atoms with Crippen LogP contribution in [0.3, 0.4) is 0 Å². The van der Waals surface area contributed by atoms with Gasteiger partial charge in [0.2, 0.25) is 0 Å². The summed E-state index contributed by atoms with van der Waals surface area (Å²) in [5, 5.41) is 3.96. The van der Waals surface area contributed by atoms with E-state index in [1.54, 1.807) is 0 Å². The van der Waals surface area contributed by atoms with Gasteiger partial charge in [-0.05, 0) is 52.3 Å². The van der Waals surface area contributed by atoms with Crippen molar-refractivity contribution in [3.05, 3.63) is 81.0 Å². The van der Waals surface area contributed by atoms with Gasteiger partial charge in [0, 0.05) is 28.0 Å². The maximum absolute atomic E-state index is 14.5. The van der Waals surface area contributed by atoms with E-state index >= 15 is 0 Å². The summed E-state index contributed by atoms with van der Waals surface area (Å²) in [7, 11) is 1.20. The van der Waals surface area contributed by atoms with E-state index in [1.807, 2.05) is 0 Å². The standard InChI is InChI=1S/C23H14BrClF7N3O3/c1-38-18-13(3-2-4-16(18)34-19(36)11-5-7-33-8-6-11)20(37)35-17-14(24)9-12(10-15(17)25)21(26,22(27,28)29)23(30,31)32/h2-10H,1H3,(H,34,36)(H,35,37). The second-order valence-corrected chi connectivity index (χ2v) is 8.76.